The Morgan fingerprint density at radius 1 is 1.17 bits per heavy atom. The normalized spacial score (nSPS) is 26.8. The van der Waals surface area contributed by atoms with Crippen molar-refractivity contribution >= 4 is 10.9 Å². The maximum Gasteiger partial charge on any atom is 0.123 e. The van der Waals surface area contributed by atoms with Gasteiger partial charge in [0.2, 0.25) is 0 Å². The Hall–Kier alpha value is -2.50. The van der Waals surface area contributed by atoms with E-state index in [4.69, 9.17) is 4.98 Å². The SMILES string of the molecule is CC[C@H]1CN2CC[C@@H]1C[C@H]2[C@H](O)c1cc(-c2ccc(F)cc2)nc2ccc(O)cc12. The van der Waals surface area contributed by atoms with E-state index in [-0.39, 0.29) is 17.6 Å². The minimum Gasteiger partial charge on any atom is -0.508 e. The van der Waals surface area contributed by atoms with Crippen LogP contribution in [0.3, 0.4) is 0 Å². The fourth-order valence-corrected chi connectivity index (χ4v) is 5.43. The second-order valence-electron chi connectivity index (χ2n) is 8.76. The monoisotopic (exact) mass is 406 g/mol. The zero-order chi connectivity index (χ0) is 20.8. The number of nitrogens with zero attached hydrogens (tertiary/aromatic N) is 2. The van der Waals surface area contributed by atoms with Gasteiger partial charge in [-0.3, -0.25) is 4.90 Å². The Morgan fingerprint density at radius 2 is 1.97 bits per heavy atom. The van der Waals surface area contributed by atoms with Crippen LogP contribution in [0.1, 0.15) is 37.9 Å². The van der Waals surface area contributed by atoms with E-state index in [0.29, 0.717) is 17.1 Å². The van der Waals surface area contributed by atoms with Crippen LogP contribution in [0.5, 0.6) is 5.75 Å². The van der Waals surface area contributed by atoms with E-state index in [9.17, 15) is 14.6 Å². The molecule has 5 heteroatoms. The van der Waals surface area contributed by atoms with Crippen molar-refractivity contribution in [3.05, 3.63) is 59.9 Å². The summed E-state index contributed by atoms with van der Waals surface area (Å²) in [6.07, 6.45) is 2.72. The molecule has 1 aromatic heterocycles. The van der Waals surface area contributed by atoms with E-state index in [2.05, 4.69) is 11.8 Å². The van der Waals surface area contributed by atoms with Gasteiger partial charge in [-0.15, -0.1) is 0 Å². The summed E-state index contributed by atoms with van der Waals surface area (Å²) in [5.74, 6) is 1.25. The number of aromatic nitrogens is 1. The fourth-order valence-electron chi connectivity index (χ4n) is 5.43. The number of pyridine rings is 1. The number of hydrogen-bond acceptors (Lipinski definition) is 4. The van der Waals surface area contributed by atoms with Crippen LogP contribution in [0, 0.1) is 17.7 Å². The van der Waals surface area contributed by atoms with Crippen molar-refractivity contribution in [2.75, 3.05) is 13.1 Å². The van der Waals surface area contributed by atoms with Gasteiger partial charge in [0.05, 0.1) is 17.3 Å². The standard InChI is InChI=1S/C25H27FN2O2/c1-2-15-14-28-10-9-17(15)11-24(28)25(30)21-13-23(16-3-5-18(26)6-4-16)27-22-8-7-19(29)12-20(21)22/h3-8,12-13,15,17,24-25,29-30H,2,9-11,14H2,1H3/t15-,17+,24-,25+/m0/s1. The van der Waals surface area contributed by atoms with Crippen LogP contribution in [-0.4, -0.2) is 39.2 Å². The number of piperidine rings is 3. The Balaban J connectivity index is 1.58. The van der Waals surface area contributed by atoms with E-state index < -0.39 is 6.10 Å². The van der Waals surface area contributed by atoms with Crippen LogP contribution >= 0.6 is 0 Å². The summed E-state index contributed by atoms with van der Waals surface area (Å²) in [5.41, 5.74) is 2.99. The van der Waals surface area contributed by atoms with E-state index in [1.54, 1.807) is 30.3 Å². The molecular formula is C25H27FN2O2. The van der Waals surface area contributed by atoms with Gasteiger partial charge in [-0.25, -0.2) is 9.37 Å². The number of aliphatic hydroxyl groups excluding tert-OH is 1. The average Bonchev–Trinajstić information content (AvgIpc) is 2.78. The highest BCUT2D eigenvalue weighted by atomic mass is 19.1. The van der Waals surface area contributed by atoms with Crippen LogP contribution in [-0.2, 0) is 0 Å². The second kappa shape index (κ2) is 7.64. The topological polar surface area (TPSA) is 56.6 Å². The van der Waals surface area contributed by atoms with Crippen LogP contribution in [0.2, 0.25) is 0 Å². The number of rotatable bonds is 4. The predicted octanol–water partition coefficient (Wildman–Crippen LogP) is 4.90. The number of fused-ring (bicyclic) bond motifs is 4. The highest BCUT2D eigenvalue weighted by Crippen LogP contribution is 2.43. The van der Waals surface area contributed by atoms with Crippen molar-refractivity contribution in [3.8, 4) is 17.0 Å². The minimum atomic E-state index is -0.669. The van der Waals surface area contributed by atoms with Crippen molar-refractivity contribution in [2.45, 2.75) is 38.3 Å². The van der Waals surface area contributed by atoms with Gasteiger partial charge < -0.3 is 10.2 Å². The molecule has 3 aliphatic rings. The summed E-state index contributed by atoms with van der Waals surface area (Å²) in [7, 11) is 0. The molecule has 2 bridgehead atoms. The fraction of sp³-hybridized carbons (Fsp3) is 0.400. The van der Waals surface area contributed by atoms with Crippen LogP contribution in [0.4, 0.5) is 4.39 Å². The lowest BCUT2D eigenvalue weighted by Gasteiger charge is -2.51. The maximum atomic E-state index is 13.4. The lowest BCUT2D eigenvalue weighted by atomic mass is 9.72. The van der Waals surface area contributed by atoms with Gasteiger partial charge in [0, 0.05) is 23.5 Å². The molecule has 4 nitrogen and oxygen atoms in total. The number of hydrogen-bond donors (Lipinski definition) is 2. The summed E-state index contributed by atoms with van der Waals surface area (Å²) >= 11 is 0. The Morgan fingerprint density at radius 3 is 2.67 bits per heavy atom. The first-order valence-corrected chi connectivity index (χ1v) is 10.8. The second-order valence-corrected chi connectivity index (χ2v) is 8.76. The lowest BCUT2D eigenvalue weighted by Crippen LogP contribution is -2.55. The molecule has 0 radical (unpaired) electrons. The van der Waals surface area contributed by atoms with Crippen LogP contribution < -0.4 is 0 Å². The third-order valence-corrected chi connectivity index (χ3v) is 7.11. The summed E-state index contributed by atoms with van der Waals surface area (Å²) in [6, 6.07) is 13.3. The molecule has 4 heterocycles. The smallest absolute Gasteiger partial charge is 0.123 e. The van der Waals surface area contributed by atoms with Crippen molar-refractivity contribution in [3.63, 3.8) is 0 Å². The summed E-state index contributed by atoms with van der Waals surface area (Å²) < 4.78 is 13.4. The zero-order valence-corrected chi connectivity index (χ0v) is 17.1. The molecular weight excluding hydrogens is 379 g/mol. The van der Waals surface area contributed by atoms with E-state index in [0.717, 1.165) is 41.9 Å². The number of halogens is 1. The van der Waals surface area contributed by atoms with Crippen molar-refractivity contribution < 1.29 is 14.6 Å². The summed E-state index contributed by atoms with van der Waals surface area (Å²) in [4.78, 5) is 7.16. The number of aromatic hydroxyl groups is 1. The van der Waals surface area contributed by atoms with Gasteiger partial charge in [0.15, 0.2) is 0 Å². The van der Waals surface area contributed by atoms with E-state index >= 15 is 0 Å². The molecule has 156 valence electrons. The number of aliphatic hydroxyl groups is 1. The quantitative estimate of drug-likeness (QED) is 0.647. The number of phenols is 1. The predicted molar refractivity (Wildman–Crippen MR) is 116 cm³/mol. The molecule has 0 aliphatic carbocycles. The van der Waals surface area contributed by atoms with Gasteiger partial charge in [-0.2, -0.15) is 0 Å². The molecule has 3 saturated heterocycles. The molecule has 2 N–H and O–H groups in total. The third kappa shape index (κ3) is 3.36. The van der Waals surface area contributed by atoms with Gasteiger partial charge >= 0.3 is 0 Å². The largest absolute Gasteiger partial charge is 0.508 e. The molecule has 3 aliphatic heterocycles. The first kappa shape index (κ1) is 19.5. The number of benzene rings is 2. The molecule has 3 aromatic rings. The molecule has 1 unspecified atom stereocenters. The zero-order valence-electron chi connectivity index (χ0n) is 17.1. The van der Waals surface area contributed by atoms with Gasteiger partial charge in [0.1, 0.15) is 11.6 Å². The molecule has 0 saturated carbocycles. The first-order valence-electron chi connectivity index (χ1n) is 10.8. The number of phenolic OH excluding ortho intramolecular Hbond substituents is 1. The maximum absolute atomic E-state index is 13.4. The Kier molecular flexibility index (Phi) is 4.95. The van der Waals surface area contributed by atoms with Gasteiger partial charge in [-0.1, -0.05) is 13.3 Å². The minimum absolute atomic E-state index is 0.0700. The molecule has 3 fully saturated rings. The molecule has 0 amide bonds. The molecule has 30 heavy (non-hydrogen) atoms. The summed E-state index contributed by atoms with van der Waals surface area (Å²) in [6.45, 7) is 4.33. The lowest BCUT2D eigenvalue weighted by molar-refractivity contribution is -0.0562. The Labute approximate surface area is 176 Å². The van der Waals surface area contributed by atoms with Crippen LogP contribution in [0.25, 0.3) is 22.2 Å². The van der Waals surface area contributed by atoms with Crippen molar-refractivity contribution in [1.29, 1.82) is 0 Å². The van der Waals surface area contributed by atoms with Crippen LogP contribution in [0.15, 0.2) is 48.5 Å². The molecule has 6 rings (SSSR count). The third-order valence-electron chi connectivity index (χ3n) is 7.11. The van der Waals surface area contributed by atoms with Crippen molar-refractivity contribution in [1.82, 2.24) is 9.88 Å². The van der Waals surface area contributed by atoms with Gasteiger partial charge in [-0.05, 0) is 85.3 Å². The molecule has 2 aromatic carbocycles. The molecule has 0 spiro atoms. The van der Waals surface area contributed by atoms with E-state index in [1.165, 1.54) is 25.0 Å². The van der Waals surface area contributed by atoms with Gasteiger partial charge in [0.25, 0.3) is 0 Å². The summed E-state index contributed by atoms with van der Waals surface area (Å²) in [5, 5.41) is 22.4. The highest BCUT2D eigenvalue weighted by molar-refractivity contribution is 5.86. The average molecular weight is 407 g/mol. The van der Waals surface area contributed by atoms with E-state index in [1.807, 2.05) is 6.07 Å². The van der Waals surface area contributed by atoms with Crippen molar-refractivity contribution in [2.24, 2.45) is 11.8 Å². The molecule has 5 atom stereocenters. The first-order chi connectivity index (χ1) is 14.5. The Bertz CT molecular complexity index is 1070. The highest BCUT2D eigenvalue weighted by Gasteiger charge is 2.42.